The molecule has 1 aromatic carbocycles. The highest BCUT2D eigenvalue weighted by atomic mass is 35.5. The van der Waals surface area contributed by atoms with Gasteiger partial charge in [-0.15, -0.1) is 0 Å². The van der Waals surface area contributed by atoms with Crippen molar-refractivity contribution >= 4 is 35.7 Å². The van der Waals surface area contributed by atoms with Crippen molar-refractivity contribution in [3.05, 3.63) is 46.6 Å². The molecular weight excluding hydrogens is 444 g/mol. The van der Waals surface area contributed by atoms with E-state index in [1.807, 2.05) is 65.0 Å². The molecule has 0 radical (unpaired) electrons. The van der Waals surface area contributed by atoms with E-state index in [2.05, 4.69) is 15.7 Å². The summed E-state index contributed by atoms with van der Waals surface area (Å²) in [6, 6.07) is 9.46. The molecule has 1 saturated carbocycles. The number of amides is 2. The molecule has 1 aliphatic rings. The Labute approximate surface area is 199 Å². The Hall–Kier alpha value is -2.87. The number of hydrogen-bond acceptors (Lipinski definition) is 4. The van der Waals surface area contributed by atoms with Crippen LogP contribution < -0.4 is 10.6 Å². The Morgan fingerprint density at radius 1 is 1.27 bits per heavy atom. The average Bonchev–Trinajstić information content (AvgIpc) is 3.20. The Kier molecular flexibility index (Phi) is 8.66. The fourth-order valence-corrected chi connectivity index (χ4v) is 4.57. The lowest BCUT2D eigenvalue weighted by molar-refractivity contribution is -0.135. The van der Waals surface area contributed by atoms with Crippen LogP contribution in [0.2, 0.25) is 5.02 Å². The van der Waals surface area contributed by atoms with Gasteiger partial charge in [-0.05, 0) is 49.8 Å². The van der Waals surface area contributed by atoms with E-state index in [1.54, 1.807) is 4.68 Å². The first-order valence-electron chi connectivity index (χ1n) is 11.0. The van der Waals surface area contributed by atoms with Crippen molar-refractivity contribution in [3.8, 4) is 0 Å². The fraction of sp³-hybridized carbons (Fsp3) is 0.500. The van der Waals surface area contributed by atoms with Gasteiger partial charge in [0, 0.05) is 23.6 Å². The molecule has 0 saturated heterocycles. The molecule has 1 aromatic heterocycles. The number of aryl methyl sites for hydroxylation is 1. The molecule has 2 atom stereocenters. The van der Waals surface area contributed by atoms with E-state index >= 15 is 0 Å². The number of carbonyl (C=O) groups is 3. The highest BCUT2D eigenvalue weighted by Gasteiger charge is 2.58. The summed E-state index contributed by atoms with van der Waals surface area (Å²) in [5.41, 5.74) is 0.746. The van der Waals surface area contributed by atoms with Crippen molar-refractivity contribution in [2.45, 2.75) is 54.0 Å². The maximum Gasteiger partial charge on any atom is 0.290 e. The normalized spacial score (nSPS) is 21.0. The van der Waals surface area contributed by atoms with Gasteiger partial charge in [-0.3, -0.25) is 14.4 Å². The largest absolute Gasteiger partial charge is 0.483 e. The van der Waals surface area contributed by atoms with Crippen LogP contribution in [0.15, 0.2) is 30.3 Å². The molecule has 0 unspecified atom stereocenters. The molecule has 2 aromatic rings. The second kappa shape index (κ2) is 10.8. The van der Waals surface area contributed by atoms with Gasteiger partial charge in [0.1, 0.15) is 5.82 Å². The molecule has 1 aliphatic carbocycles. The average molecular weight is 477 g/mol. The number of aromatic nitrogens is 2. The molecule has 0 bridgehead atoms. The summed E-state index contributed by atoms with van der Waals surface area (Å²) < 4.78 is 1.79. The Morgan fingerprint density at radius 3 is 2.45 bits per heavy atom. The summed E-state index contributed by atoms with van der Waals surface area (Å²) >= 11 is 5.98. The lowest BCUT2D eigenvalue weighted by Crippen LogP contribution is -2.47. The second-order valence-electron chi connectivity index (χ2n) is 9.05. The third-order valence-electron chi connectivity index (χ3n) is 6.78. The maximum atomic E-state index is 13.4. The van der Waals surface area contributed by atoms with Gasteiger partial charge in [0.05, 0.1) is 17.7 Å². The predicted molar refractivity (Wildman–Crippen MR) is 128 cm³/mol. The molecule has 2 amide bonds. The number of carbonyl (C=O) groups excluding carboxylic acids is 2. The molecule has 1 heterocycles. The van der Waals surface area contributed by atoms with Crippen molar-refractivity contribution in [3.63, 3.8) is 0 Å². The molecule has 1 fully saturated rings. The molecular formula is C24H33ClN4O4. The highest BCUT2D eigenvalue weighted by Crippen LogP contribution is 2.56. The van der Waals surface area contributed by atoms with E-state index in [0.717, 1.165) is 11.3 Å². The lowest BCUT2D eigenvalue weighted by atomic mass is 9.65. The van der Waals surface area contributed by atoms with E-state index in [9.17, 15) is 9.59 Å². The molecule has 180 valence electrons. The minimum absolute atomic E-state index is 0.0302. The molecule has 8 nitrogen and oxygen atoms in total. The minimum Gasteiger partial charge on any atom is -0.483 e. The number of nitrogens with zero attached hydrogens (tertiary/aromatic N) is 2. The summed E-state index contributed by atoms with van der Waals surface area (Å²) in [4.78, 5) is 34.3. The third kappa shape index (κ3) is 5.74. The minimum atomic E-state index is -0.661. The van der Waals surface area contributed by atoms with Crippen LogP contribution >= 0.6 is 11.6 Å². The summed E-state index contributed by atoms with van der Waals surface area (Å²) in [7, 11) is 0. The quantitative estimate of drug-likeness (QED) is 0.543. The van der Waals surface area contributed by atoms with E-state index in [0.29, 0.717) is 36.8 Å². The van der Waals surface area contributed by atoms with Gasteiger partial charge in [-0.25, -0.2) is 4.68 Å². The van der Waals surface area contributed by atoms with Crippen molar-refractivity contribution in [2.24, 2.45) is 16.7 Å². The van der Waals surface area contributed by atoms with Crippen LogP contribution in [0.5, 0.6) is 0 Å². The molecule has 3 rings (SSSR count). The van der Waals surface area contributed by atoms with E-state index in [4.69, 9.17) is 21.5 Å². The van der Waals surface area contributed by atoms with E-state index in [1.165, 1.54) is 0 Å². The van der Waals surface area contributed by atoms with Gasteiger partial charge in [0.2, 0.25) is 11.8 Å². The van der Waals surface area contributed by atoms with Crippen LogP contribution in [-0.4, -0.2) is 39.7 Å². The third-order valence-corrected chi connectivity index (χ3v) is 7.04. The first kappa shape index (κ1) is 26.4. The summed E-state index contributed by atoms with van der Waals surface area (Å²) in [6.07, 6.45) is 1.36. The van der Waals surface area contributed by atoms with Crippen molar-refractivity contribution in [1.82, 2.24) is 15.1 Å². The van der Waals surface area contributed by atoms with Gasteiger partial charge in [0.25, 0.3) is 6.47 Å². The highest BCUT2D eigenvalue weighted by molar-refractivity contribution is 6.30. The first-order valence-corrected chi connectivity index (χ1v) is 11.3. The zero-order chi connectivity index (χ0) is 24.8. The fourth-order valence-electron chi connectivity index (χ4n) is 4.45. The second-order valence-corrected chi connectivity index (χ2v) is 9.49. The number of nitrogens with one attached hydrogen (secondary N) is 2. The zero-order valence-corrected chi connectivity index (χ0v) is 20.6. The standard InChI is InChI=1S/C23H31ClN4O2.CH2O2/c1-6-25-20(29)18-11-12-23(5,22(18,3)4)21(30)26-19-13-15(2)27-28(19)14-16-7-9-17(24)10-8-16;2-1-3/h7-10,13,18H,6,11-12,14H2,1-5H3,(H,25,29)(H,26,30);1H,(H,2,3)/t18-,23+;/m1./s1. The van der Waals surface area contributed by atoms with Crippen molar-refractivity contribution in [2.75, 3.05) is 11.9 Å². The zero-order valence-electron chi connectivity index (χ0n) is 19.8. The Bertz CT molecular complexity index is 987. The SMILES string of the molecule is CCNC(=O)[C@H]1CC[C@@](C)(C(=O)Nc2cc(C)nn2Cc2ccc(Cl)cc2)C1(C)C.O=CO. The Morgan fingerprint density at radius 2 is 1.88 bits per heavy atom. The van der Waals surface area contributed by atoms with Crippen molar-refractivity contribution in [1.29, 1.82) is 0 Å². The first-order chi connectivity index (χ1) is 15.5. The number of anilines is 1. The lowest BCUT2D eigenvalue weighted by Gasteiger charge is -2.39. The van der Waals surface area contributed by atoms with Gasteiger partial charge in [0.15, 0.2) is 0 Å². The maximum absolute atomic E-state index is 13.4. The molecule has 0 aliphatic heterocycles. The molecule has 0 spiro atoms. The van der Waals surface area contributed by atoms with Crippen molar-refractivity contribution < 1.29 is 19.5 Å². The topological polar surface area (TPSA) is 113 Å². The summed E-state index contributed by atoms with van der Waals surface area (Å²) in [6.45, 7) is 10.7. The van der Waals surface area contributed by atoms with Gasteiger partial charge in [-0.1, -0.05) is 44.5 Å². The number of carboxylic acid groups (broad SMARTS) is 1. The van der Waals surface area contributed by atoms with Crippen LogP contribution in [0.1, 0.15) is 51.8 Å². The number of benzene rings is 1. The predicted octanol–water partition coefficient (Wildman–Crippen LogP) is 4.11. The van der Waals surface area contributed by atoms with Crippen LogP contribution in [-0.2, 0) is 20.9 Å². The molecule has 9 heteroatoms. The molecule has 33 heavy (non-hydrogen) atoms. The number of halogens is 1. The Balaban J connectivity index is 0.00000122. The van der Waals surface area contributed by atoms with Crippen LogP contribution in [0.4, 0.5) is 5.82 Å². The van der Waals surface area contributed by atoms with Gasteiger partial charge >= 0.3 is 0 Å². The van der Waals surface area contributed by atoms with Crippen LogP contribution in [0.25, 0.3) is 0 Å². The van der Waals surface area contributed by atoms with Gasteiger partial charge in [-0.2, -0.15) is 5.10 Å². The van der Waals surface area contributed by atoms with E-state index < -0.39 is 10.8 Å². The van der Waals surface area contributed by atoms with E-state index in [-0.39, 0.29) is 24.2 Å². The van der Waals surface area contributed by atoms with Crippen LogP contribution in [0, 0.1) is 23.7 Å². The smallest absolute Gasteiger partial charge is 0.290 e. The molecule has 3 N–H and O–H groups in total. The monoisotopic (exact) mass is 476 g/mol. The number of rotatable bonds is 6. The van der Waals surface area contributed by atoms with Gasteiger partial charge < -0.3 is 15.7 Å². The number of hydrogen-bond donors (Lipinski definition) is 3. The summed E-state index contributed by atoms with van der Waals surface area (Å²) in [5.74, 6) is 0.430. The van der Waals surface area contributed by atoms with Crippen LogP contribution in [0.3, 0.4) is 0 Å². The summed E-state index contributed by atoms with van der Waals surface area (Å²) in [5, 5.41) is 18.1.